The van der Waals surface area contributed by atoms with Gasteiger partial charge < -0.3 is 29.2 Å². The van der Waals surface area contributed by atoms with Crippen molar-refractivity contribution in [3.05, 3.63) is 58.2 Å². The number of hydrogen-bond donors (Lipinski definition) is 2. The summed E-state index contributed by atoms with van der Waals surface area (Å²) >= 11 is 1.24. The Kier molecular flexibility index (Phi) is 9.51. The average Bonchev–Trinajstić information content (AvgIpc) is 3.25. The zero-order chi connectivity index (χ0) is 26.1. The number of aromatic nitrogens is 1. The third-order valence-corrected chi connectivity index (χ3v) is 5.91. The quantitative estimate of drug-likeness (QED) is 0.370. The highest BCUT2D eigenvalue weighted by molar-refractivity contribution is 7.07. The first kappa shape index (κ1) is 27.2. The molecule has 0 unspecified atom stereocenters. The topological polar surface area (TPSA) is 94.3 Å². The van der Waals surface area contributed by atoms with Crippen molar-refractivity contribution in [1.29, 1.82) is 0 Å². The van der Waals surface area contributed by atoms with Crippen molar-refractivity contribution in [2.45, 2.75) is 19.3 Å². The molecule has 8 nitrogen and oxygen atoms in total. The zero-order valence-electron chi connectivity index (χ0n) is 19.7. The van der Waals surface area contributed by atoms with E-state index in [1.165, 1.54) is 49.8 Å². The number of thiazole rings is 1. The number of carbonyl (C=O) groups excluding carboxylic acids is 1. The van der Waals surface area contributed by atoms with E-state index in [0.717, 1.165) is 0 Å². The van der Waals surface area contributed by atoms with Gasteiger partial charge in [-0.1, -0.05) is 0 Å². The van der Waals surface area contributed by atoms with Gasteiger partial charge in [-0.05, 0) is 54.9 Å². The molecule has 194 valence electrons. The number of carbonyl (C=O) groups is 1. The van der Waals surface area contributed by atoms with Gasteiger partial charge in [0.15, 0.2) is 4.80 Å². The number of methoxy groups -OCH3 is 2. The summed E-state index contributed by atoms with van der Waals surface area (Å²) in [7, 11) is 2.95. The highest BCUT2D eigenvalue weighted by Crippen LogP contribution is 2.28. The van der Waals surface area contributed by atoms with Crippen LogP contribution in [0.1, 0.15) is 16.8 Å². The number of hydrogen-bond acceptors (Lipinski definition) is 7. The van der Waals surface area contributed by atoms with E-state index >= 15 is 0 Å². The molecular formula is C24H26F3N3O5S. The fourth-order valence-corrected chi connectivity index (χ4v) is 4.31. The van der Waals surface area contributed by atoms with Crippen LogP contribution in [0.25, 0.3) is 11.3 Å². The Morgan fingerprint density at radius 1 is 1.08 bits per heavy atom. The molecule has 0 fully saturated rings. The Morgan fingerprint density at radius 3 is 2.44 bits per heavy atom. The molecule has 0 saturated carbocycles. The molecule has 0 bridgehead atoms. The lowest BCUT2D eigenvalue weighted by atomic mass is 10.1. The minimum atomic E-state index is -4.78. The number of aliphatic hydroxyl groups is 1. The summed E-state index contributed by atoms with van der Waals surface area (Å²) in [5.74, 6) is 0.0157. The van der Waals surface area contributed by atoms with E-state index in [0.29, 0.717) is 53.6 Å². The van der Waals surface area contributed by atoms with Crippen molar-refractivity contribution in [2.75, 3.05) is 33.9 Å². The van der Waals surface area contributed by atoms with Crippen LogP contribution >= 0.6 is 11.3 Å². The van der Waals surface area contributed by atoms with Crippen molar-refractivity contribution in [1.82, 2.24) is 9.88 Å². The predicted octanol–water partition coefficient (Wildman–Crippen LogP) is 3.85. The number of amides is 1. The molecule has 0 radical (unpaired) electrons. The summed E-state index contributed by atoms with van der Waals surface area (Å²) in [4.78, 5) is 17.8. The number of ether oxygens (including phenoxy) is 3. The van der Waals surface area contributed by atoms with Crippen LogP contribution in [0.5, 0.6) is 17.2 Å². The van der Waals surface area contributed by atoms with Crippen molar-refractivity contribution < 1.29 is 37.3 Å². The van der Waals surface area contributed by atoms with Crippen molar-refractivity contribution in [3.63, 3.8) is 0 Å². The zero-order valence-corrected chi connectivity index (χ0v) is 20.5. The molecular weight excluding hydrogens is 499 g/mol. The Hall–Kier alpha value is -3.35. The molecule has 12 heteroatoms. The smallest absolute Gasteiger partial charge is 0.497 e. The average molecular weight is 526 g/mol. The molecule has 1 heterocycles. The van der Waals surface area contributed by atoms with Crippen molar-refractivity contribution in [3.8, 4) is 28.5 Å². The Labute approximate surface area is 209 Å². The van der Waals surface area contributed by atoms with Crippen LogP contribution in [0.2, 0.25) is 0 Å². The lowest BCUT2D eigenvalue weighted by molar-refractivity contribution is -0.274. The summed E-state index contributed by atoms with van der Waals surface area (Å²) in [5, 5.41) is 13.8. The molecule has 0 aliphatic heterocycles. The summed E-state index contributed by atoms with van der Waals surface area (Å²) in [5.41, 5.74) is 1.59. The van der Waals surface area contributed by atoms with Crippen molar-refractivity contribution >= 4 is 17.2 Å². The molecule has 1 aromatic heterocycles. The SMILES string of the molecule is COc1ccc(C(=O)N=c2scc(-c3ccc(OC(F)(F)F)cc3)n2CCCNCCO)c(OC)c1. The summed E-state index contributed by atoms with van der Waals surface area (Å²) in [6.45, 7) is 1.56. The van der Waals surface area contributed by atoms with Crippen LogP contribution in [0.15, 0.2) is 52.8 Å². The van der Waals surface area contributed by atoms with E-state index < -0.39 is 12.3 Å². The second kappa shape index (κ2) is 12.6. The van der Waals surface area contributed by atoms with Crippen LogP contribution in [0.4, 0.5) is 13.2 Å². The van der Waals surface area contributed by atoms with Crippen LogP contribution in [0, 0.1) is 0 Å². The van der Waals surface area contributed by atoms with Crippen molar-refractivity contribution in [2.24, 2.45) is 4.99 Å². The molecule has 0 atom stereocenters. The fourth-order valence-electron chi connectivity index (χ4n) is 3.38. The number of benzene rings is 2. The first-order valence-electron chi connectivity index (χ1n) is 10.9. The lowest BCUT2D eigenvalue weighted by Crippen LogP contribution is -2.23. The van der Waals surface area contributed by atoms with Crippen LogP contribution < -0.4 is 24.3 Å². The third kappa shape index (κ3) is 7.33. The van der Waals surface area contributed by atoms with E-state index in [1.807, 2.05) is 4.57 Å². The van der Waals surface area contributed by atoms with Gasteiger partial charge in [-0.25, -0.2) is 0 Å². The van der Waals surface area contributed by atoms with Gasteiger partial charge in [0.2, 0.25) is 0 Å². The molecule has 0 aliphatic carbocycles. The maximum absolute atomic E-state index is 13.0. The first-order valence-corrected chi connectivity index (χ1v) is 11.8. The molecule has 3 rings (SSSR count). The first-order chi connectivity index (χ1) is 17.3. The maximum Gasteiger partial charge on any atom is 0.573 e. The molecule has 36 heavy (non-hydrogen) atoms. The van der Waals surface area contributed by atoms with Gasteiger partial charge in [0.05, 0.1) is 32.1 Å². The van der Waals surface area contributed by atoms with Gasteiger partial charge >= 0.3 is 6.36 Å². The van der Waals surface area contributed by atoms with Gasteiger partial charge in [0.1, 0.15) is 17.2 Å². The summed E-state index contributed by atoms with van der Waals surface area (Å²) < 4.78 is 53.8. The van der Waals surface area contributed by atoms with Gasteiger partial charge in [0, 0.05) is 24.5 Å². The summed E-state index contributed by atoms with van der Waals surface area (Å²) in [6.07, 6.45) is -4.12. The number of halogens is 3. The van der Waals surface area contributed by atoms with Crippen LogP contribution in [0.3, 0.4) is 0 Å². The molecule has 0 aliphatic rings. The van der Waals surface area contributed by atoms with Gasteiger partial charge in [-0.15, -0.1) is 24.5 Å². The van der Waals surface area contributed by atoms with E-state index in [1.54, 1.807) is 23.6 Å². The van der Waals surface area contributed by atoms with Crippen LogP contribution in [-0.4, -0.2) is 55.9 Å². The predicted molar refractivity (Wildman–Crippen MR) is 128 cm³/mol. The monoisotopic (exact) mass is 525 g/mol. The molecule has 2 aromatic carbocycles. The van der Waals surface area contributed by atoms with Crippen LogP contribution in [-0.2, 0) is 6.54 Å². The summed E-state index contributed by atoms with van der Waals surface area (Å²) in [6, 6.07) is 10.3. The number of rotatable bonds is 11. The number of alkyl halides is 3. The second-order valence-electron chi connectivity index (χ2n) is 7.44. The minimum Gasteiger partial charge on any atom is -0.497 e. The largest absolute Gasteiger partial charge is 0.573 e. The molecule has 3 aromatic rings. The third-order valence-electron chi connectivity index (χ3n) is 5.04. The molecule has 2 N–H and O–H groups in total. The van der Waals surface area contributed by atoms with Gasteiger partial charge in [-0.3, -0.25) is 4.79 Å². The highest BCUT2D eigenvalue weighted by Gasteiger charge is 2.31. The Morgan fingerprint density at radius 2 is 1.81 bits per heavy atom. The van der Waals surface area contributed by atoms with Gasteiger partial charge in [-0.2, -0.15) is 4.99 Å². The number of nitrogens with zero attached hydrogens (tertiary/aromatic N) is 2. The molecule has 1 amide bonds. The maximum atomic E-state index is 13.0. The molecule has 0 spiro atoms. The minimum absolute atomic E-state index is 0.0158. The Balaban J connectivity index is 1.95. The highest BCUT2D eigenvalue weighted by atomic mass is 32.1. The number of nitrogens with one attached hydrogen (secondary N) is 1. The normalized spacial score (nSPS) is 12.0. The number of aliphatic hydroxyl groups excluding tert-OH is 1. The van der Waals surface area contributed by atoms with E-state index in [-0.39, 0.29) is 17.9 Å². The lowest BCUT2D eigenvalue weighted by Gasteiger charge is -2.12. The van der Waals surface area contributed by atoms with E-state index in [2.05, 4.69) is 15.0 Å². The van der Waals surface area contributed by atoms with E-state index in [9.17, 15) is 18.0 Å². The molecule has 0 saturated heterocycles. The van der Waals surface area contributed by atoms with E-state index in [4.69, 9.17) is 14.6 Å². The fraction of sp³-hybridized carbons (Fsp3) is 0.333. The van der Waals surface area contributed by atoms with Gasteiger partial charge in [0.25, 0.3) is 5.91 Å². The standard InChI is InChI=1S/C24H26F3N3O5S/c1-33-18-8-9-19(21(14-18)34-2)22(32)29-23-30(12-3-10-28-11-13-31)20(15-36-23)16-4-6-17(7-5-16)35-24(25,26)27/h4-9,14-15,28,31H,3,10-13H2,1-2H3. The Bertz CT molecular complexity index is 1220. The second-order valence-corrected chi connectivity index (χ2v) is 8.27.